The predicted octanol–water partition coefficient (Wildman–Crippen LogP) is -11.9. The first kappa shape index (κ1) is 58.4. The molecule has 12 bridgehead atoms. The number of hydrogen-bond donors (Lipinski definition) is 18. The Morgan fingerprint density at radius 3 is 0.736 bits per heavy atom. The minimum atomic E-state index is -2.15. The average molecular weight is 1060 g/mol. The van der Waals surface area contributed by atoms with Gasteiger partial charge in [0.25, 0.3) is 0 Å². The second kappa shape index (κ2) is 25.9. The maximum atomic E-state index is 11.8. The summed E-state index contributed by atoms with van der Waals surface area (Å²) in [5.41, 5.74) is 0. The number of aliphatic hydroxyl groups is 18. The molecule has 72 heavy (non-hydrogen) atoms. The number of unbranched alkanes of at least 4 members (excludes halogenated alkanes) is 2. The summed E-state index contributed by atoms with van der Waals surface area (Å²) in [5, 5.41) is 197. The van der Waals surface area contributed by atoms with Gasteiger partial charge in [0.05, 0.1) is 39.6 Å². The van der Waals surface area contributed by atoms with E-state index in [9.17, 15) is 91.9 Å². The van der Waals surface area contributed by atoms with Crippen LogP contribution in [0, 0.1) is 0 Å². The molecule has 0 saturated carbocycles. The lowest BCUT2D eigenvalue weighted by Gasteiger charge is -2.51. The molecule has 22 heterocycles. The van der Waals surface area contributed by atoms with E-state index in [1.54, 1.807) is 0 Å². The summed E-state index contributed by atoms with van der Waals surface area (Å²) < 4.78 is 75.4. The first-order valence-corrected chi connectivity index (χ1v) is 23.7. The summed E-state index contributed by atoms with van der Waals surface area (Å²) in [6.45, 7) is -6.17. The van der Waals surface area contributed by atoms with E-state index in [4.69, 9.17) is 61.6 Å². The van der Waals surface area contributed by atoms with Crippen molar-refractivity contribution in [3.63, 3.8) is 0 Å². The third-order valence-electron chi connectivity index (χ3n) is 13.8. The summed E-state index contributed by atoms with van der Waals surface area (Å²) in [6.07, 6.45) is -56.1. The van der Waals surface area contributed by atoms with E-state index in [1.807, 2.05) is 0 Å². The molecule has 0 amide bonds. The lowest BCUT2D eigenvalue weighted by Crippen LogP contribution is -2.69. The van der Waals surface area contributed by atoms with E-state index in [0.717, 1.165) is 0 Å². The number of aliphatic hydroxyl groups excluding tert-OH is 18. The molecule has 420 valence electrons. The van der Waals surface area contributed by atoms with Crippen LogP contribution in [0.5, 0.6) is 0 Å². The highest BCUT2D eigenvalue weighted by Crippen LogP contribution is 2.38. The average Bonchev–Trinajstić information content (AvgIpc) is 3.37. The van der Waals surface area contributed by atoms with Crippen molar-refractivity contribution in [3.05, 3.63) is 0 Å². The molecule has 22 fully saturated rings. The minimum absolute atomic E-state index is 0.131. The van der Waals surface area contributed by atoms with Crippen molar-refractivity contribution in [2.45, 2.75) is 203 Å². The molecule has 22 aliphatic rings. The van der Waals surface area contributed by atoms with Crippen LogP contribution in [-0.4, -0.2) is 329 Å². The van der Waals surface area contributed by atoms with Crippen LogP contribution in [0.4, 0.5) is 0 Å². The highest BCUT2D eigenvalue weighted by molar-refractivity contribution is 5.01. The quantitative estimate of drug-likeness (QED) is 0.0807. The van der Waals surface area contributed by atoms with E-state index in [0.29, 0.717) is 19.3 Å². The second-order valence-corrected chi connectivity index (χ2v) is 18.5. The van der Waals surface area contributed by atoms with Crippen molar-refractivity contribution in [1.29, 1.82) is 0 Å². The van der Waals surface area contributed by atoms with Crippen LogP contribution in [0.15, 0.2) is 0 Å². The van der Waals surface area contributed by atoms with Crippen LogP contribution < -0.4 is 0 Å². The second-order valence-electron chi connectivity index (χ2n) is 18.5. The van der Waals surface area contributed by atoms with Crippen molar-refractivity contribution in [1.82, 2.24) is 0 Å². The molecule has 0 radical (unpaired) electrons. The molecule has 30 atom stereocenters. The zero-order valence-electron chi connectivity index (χ0n) is 38.5. The largest absolute Gasteiger partial charge is 0.396 e. The van der Waals surface area contributed by atoms with Crippen LogP contribution in [0.2, 0.25) is 0 Å². The number of hydrogen-bond acceptors (Lipinski definition) is 31. The maximum absolute atomic E-state index is 11.8. The summed E-state index contributed by atoms with van der Waals surface area (Å²) in [6, 6.07) is 0. The molecular formula is C41H70O31. The summed E-state index contributed by atoms with van der Waals surface area (Å²) >= 11 is 0. The molecule has 18 N–H and O–H groups in total. The molecule has 22 rings (SSSR count). The molecule has 0 aromatic heterocycles. The lowest BCUT2D eigenvalue weighted by molar-refractivity contribution is -0.404. The molecule has 22 aliphatic heterocycles. The third kappa shape index (κ3) is 12.1. The Balaban J connectivity index is 1.21. The fourth-order valence-corrected chi connectivity index (χ4v) is 9.71. The summed E-state index contributed by atoms with van der Waals surface area (Å²) in [7, 11) is 0. The molecule has 0 aromatic rings. The maximum Gasteiger partial charge on any atom is 0.187 e. The van der Waals surface area contributed by atoms with E-state index in [1.165, 1.54) is 0 Å². The molecule has 22 saturated heterocycles. The minimum Gasteiger partial charge on any atom is -0.396 e. The Hall–Kier alpha value is -1.24. The van der Waals surface area contributed by atoms with E-state index < -0.39 is 224 Å². The third-order valence-corrected chi connectivity index (χ3v) is 13.8. The lowest BCUT2D eigenvalue weighted by atomic mass is 9.94. The smallest absolute Gasteiger partial charge is 0.187 e. The van der Waals surface area contributed by atoms with Gasteiger partial charge in [0.15, 0.2) is 37.7 Å². The van der Waals surface area contributed by atoms with Crippen LogP contribution in [0.3, 0.4) is 0 Å². The first-order valence-electron chi connectivity index (χ1n) is 23.7. The van der Waals surface area contributed by atoms with Crippen LogP contribution in [0.25, 0.3) is 0 Å². The Labute approximate surface area is 409 Å². The Bertz CT molecular complexity index is 1610. The summed E-state index contributed by atoms with van der Waals surface area (Å²) in [5.74, 6) is 0. The van der Waals surface area contributed by atoms with Crippen molar-refractivity contribution < 1.29 is 153 Å². The van der Waals surface area contributed by atoms with Gasteiger partial charge in [0.1, 0.15) is 146 Å². The highest BCUT2D eigenvalue weighted by Gasteiger charge is 2.59. The van der Waals surface area contributed by atoms with Gasteiger partial charge in [-0.25, -0.2) is 0 Å². The molecule has 0 unspecified atom stereocenters. The molecule has 31 nitrogen and oxygen atoms in total. The highest BCUT2D eigenvalue weighted by atomic mass is 16.8. The number of ether oxygens (including phenoxy) is 13. The van der Waals surface area contributed by atoms with Crippen molar-refractivity contribution in [3.8, 4) is 0 Å². The van der Waals surface area contributed by atoms with Gasteiger partial charge in [0.2, 0.25) is 0 Å². The SMILES string of the molecule is OCCCCCO[C@@H]1[C@@H](O)[C@H]2O[C@H]3[C@H](O)[C@@H](O)[C@@H](O[C@H]4[C@H](O)[C@@H](O)[C@@H](O[C@H]5[C@H](O)[C@@H](O)[C@@H](O[C@H]6[C@H](O)[C@@H](O)[C@@H](O[C@H]7[C@H](O)[C@@H](O)[C@@H](O[C@H]1[C@@H](CO)O2)O[C@@H]7CO)O[C@@H]6CO)O[C@@H]5CO)O[C@@H]4CO)O[C@@H]3CO. The summed E-state index contributed by atoms with van der Waals surface area (Å²) in [4.78, 5) is 0. The zero-order valence-corrected chi connectivity index (χ0v) is 38.5. The van der Waals surface area contributed by atoms with Crippen molar-refractivity contribution in [2.75, 3.05) is 52.9 Å². The molecule has 0 aromatic carbocycles. The van der Waals surface area contributed by atoms with Gasteiger partial charge >= 0.3 is 0 Å². The van der Waals surface area contributed by atoms with Gasteiger partial charge in [-0.1, -0.05) is 0 Å². The van der Waals surface area contributed by atoms with Gasteiger partial charge in [0, 0.05) is 13.2 Å². The van der Waals surface area contributed by atoms with E-state index in [-0.39, 0.29) is 13.2 Å². The van der Waals surface area contributed by atoms with Gasteiger partial charge < -0.3 is 153 Å². The molecule has 31 heteroatoms. The fourth-order valence-electron chi connectivity index (χ4n) is 9.71. The van der Waals surface area contributed by atoms with Gasteiger partial charge in [-0.2, -0.15) is 0 Å². The molecule has 0 aliphatic carbocycles. The normalized spacial score (nSPS) is 51.8. The van der Waals surface area contributed by atoms with Crippen LogP contribution in [0.1, 0.15) is 19.3 Å². The monoisotopic (exact) mass is 1060 g/mol. The predicted molar refractivity (Wildman–Crippen MR) is 220 cm³/mol. The van der Waals surface area contributed by atoms with Crippen LogP contribution >= 0.6 is 0 Å². The van der Waals surface area contributed by atoms with Gasteiger partial charge in [-0.3, -0.25) is 0 Å². The van der Waals surface area contributed by atoms with E-state index >= 15 is 0 Å². The Morgan fingerprint density at radius 1 is 0.250 bits per heavy atom. The zero-order chi connectivity index (χ0) is 52.3. The van der Waals surface area contributed by atoms with E-state index in [2.05, 4.69) is 0 Å². The first-order chi connectivity index (χ1) is 34.5. The topological polar surface area (TPSA) is 484 Å². The van der Waals surface area contributed by atoms with Crippen molar-refractivity contribution in [2.24, 2.45) is 0 Å². The van der Waals surface area contributed by atoms with Crippen molar-refractivity contribution >= 4 is 0 Å². The Kier molecular flexibility index (Phi) is 21.1. The van der Waals surface area contributed by atoms with Crippen LogP contribution in [-0.2, 0) is 61.6 Å². The number of rotatable bonds is 12. The fraction of sp³-hybridized carbons (Fsp3) is 1.00. The standard InChI is InChI=1S/C41H70O31/c42-4-2-1-3-5-60-35-28(59)41-66-17(11-48)34(35)72-40-27(58)22(53)32(15(9-46)65-40)70-38-25(56)20(51)30(13(7-44)63-38)68-36-23(54)18(49)29(12(6-43)61-36)67-37-24(55)19(50)31(14(8-45)62-37)69-39-26(57)21(52)33(71-41)16(10-47)64-39/h12-59H,1-11H2/t12-,13-,14-,15-,16-,17-,18-,19-,20-,21-,22-,23-,24-,25-,26-,27-,28-,29-,30-,31-,32-,33-,34+,35-,36-,37-,38-,39-,40-,41-/m1/s1. The Morgan fingerprint density at radius 2 is 0.486 bits per heavy atom. The molecular weight excluding hydrogens is 988 g/mol. The van der Waals surface area contributed by atoms with Gasteiger partial charge in [-0.05, 0) is 19.3 Å². The van der Waals surface area contributed by atoms with Gasteiger partial charge in [-0.15, -0.1) is 0 Å². The molecule has 0 spiro atoms.